The predicted molar refractivity (Wildman–Crippen MR) is 84.9 cm³/mol. The van der Waals surface area contributed by atoms with Crippen molar-refractivity contribution in [1.82, 2.24) is 14.5 Å². The fraction of sp³-hybridized carbons (Fsp3) is 0.400. The molecule has 7 nitrogen and oxygen atoms in total. The summed E-state index contributed by atoms with van der Waals surface area (Å²) in [6, 6.07) is 3.38. The number of methoxy groups -OCH3 is 1. The molecule has 0 spiro atoms. The Kier molecular flexibility index (Phi) is 3.77. The molecule has 1 fully saturated rings. The minimum Gasteiger partial charge on any atom is -0.465 e. The first-order valence-corrected chi connectivity index (χ1v) is 7.45. The van der Waals surface area contributed by atoms with Crippen LogP contribution in [0.5, 0.6) is 0 Å². The van der Waals surface area contributed by atoms with Crippen LogP contribution >= 0.6 is 11.6 Å². The Morgan fingerprint density at radius 3 is 2.87 bits per heavy atom. The number of hydrogen-bond donors (Lipinski definition) is 1. The minimum absolute atomic E-state index is 0.109. The van der Waals surface area contributed by atoms with Crippen LogP contribution in [0.15, 0.2) is 23.1 Å². The van der Waals surface area contributed by atoms with Crippen LogP contribution in [0, 0.1) is 0 Å². The van der Waals surface area contributed by atoms with Gasteiger partial charge in [-0.15, -0.1) is 0 Å². The maximum absolute atomic E-state index is 12.8. The first-order valence-electron chi connectivity index (χ1n) is 7.07. The number of rotatable bonds is 2. The van der Waals surface area contributed by atoms with Gasteiger partial charge in [0.25, 0.3) is 5.56 Å². The number of carbonyl (C=O) groups is 1. The third-order valence-corrected chi connectivity index (χ3v) is 4.79. The highest BCUT2D eigenvalue weighted by atomic mass is 35.5. The van der Waals surface area contributed by atoms with Gasteiger partial charge in [-0.25, -0.2) is 9.78 Å². The van der Waals surface area contributed by atoms with Crippen molar-refractivity contribution in [2.45, 2.75) is 12.0 Å². The van der Waals surface area contributed by atoms with E-state index in [1.165, 1.54) is 22.8 Å². The summed E-state index contributed by atoms with van der Waals surface area (Å²) in [5, 5.41) is 10.1. The van der Waals surface area contributed by atoms with Gasteiger partial charge in [0.15, 0.2) is 0 Å². The van der Waals surface area contributed by atoms with E-state index in [1.54, 1.807) is 19.2 Å². The number of nitrogens with zero attached hydrogens (tertiary/aromatic N) is 3. The monoisotopic (exact) mass is 337 g/mol. The first kappa shape index (κ1) is 15.8. The summed E-state index contributed by atoms with van der Waals surface area (Å²) in [5.74, 6) is 0. The molecule has 1 atom stereocenters. The van der Waals surface area contributed by atoms with Crippen molar-refractivity contribution in [3.8, 4) is 0 Å². The lowest BCUT2D eigenvalue weighted by Gasteiger charge is -2.28. The normalized spacial score (nSPS) is 21.1. The molecule has 122 valence electrons. The van der Waals surface area contributed by atoms with E-state index in [0.29, 0.717) is 34.6 Å². The van der Waals surface area contributed by atoms with Gasteiger partial charge in [-0.3, -0.25) is 4.79 Å². The molecule has 23 heavy (non-hydrogen) atoms. The predicted octanol–water partition coefficient (Wildman–Crippen LogP) is 1.81. The highest BCUT2D eigenvalue weighted by molar-refractivity contribution is 6.34. The smallest absolute Gasteiger partial charge is 0.407 e. The van der Waals surface area contributed by atoms with E-state index >= 15 is 0 Å². The fourth-order valence-electron chi connectivity index (χ4n) is 3.13. The summed E-state index contributed by atoms with van der Waals surface area (Å²) < 4.78 is 7.10. The number of ether oxygens (including phenoxy) is 1. The summed E-state index contributed by atoms with van der Waals surface area (Å²) >= 11 is 6.16. The van der Waals surface area contributed by atoms with E-state index in [2.05, 4.69) is 4.98 Å². The summed E-state index contributed by atoms with van der Waals surface area (Å²) in [6.45, 7) is 0.419. The number of hydrogen-bond acceptors (Lipinski definition) is 4. The molecule has 8 heteroatoms. The van der Waals surface area contributed by atoms with Crippen LogP contribution in [0.2, 0.25) is 5.15 Å². The first-order chi connectivity index (χ1) is 10.9. The summed E-state index contributed by atoms with van der Waals surface area (Å²) in [5.41, 5.74) is -0.138. The highest BCUT2D eigenvalue weighted by Crippen LogP contribution is 2.35. The number of halogens is 1. The van der Waals surface area contributed by atoms with Gasteiger partial charge in [0.1, 0.15) is 10.8 Å². The lowest BCUT2D eigenvalue weighted by molar-refractivity contribution is -0.00608. The average Bonchev–Trinajstić information content (AvgIpc) is 2.97. The third kappa shape index (κ3) is 2.36. The molecule has 3 rings (SSSR count). The SMILES string of the molecule is COC1(c2cc3c(Cl)nccc3n(C)c2=O)CCN(C(=O)O)C1. The Labute approximate surface area is 137 Å². The van der Waals surface area contributed by atoms with E-state index in [4.69, 9.17) is 16.3 Å². The van der Waals surface area contributed by atoms with Crippen LogP contribution in [0.4, 0.5) is 4.79 Å². The van der Waals surface area contributed by atoms with Crippen molar-refractivity contribution in [3.05, 3.63) is 39.4 Å². The second kappa shape index (κ2) is 5.50. The largest absolute Gasteiger partial charge is 0.465 e. The zero-order valence-electron chi connectivity index (χ0n) is 12.7. The van der Waals surface area contributed by atoms with Crippen LogP contribution in [-0.2, 0) is 17.4 Å². The van der Waals surface area contributed by atoms with Gasteiger partial charge in [-0.05, 0) is 12.1 Å². The number of pyridine rings is 2. The maximum atomic E-state index is 12.8. The van der Waals surface area contributed by atoms with Crippen molar-refractivity contribution in [2.24, 2.45) is 7.05 Å². The summed E-state index contributed by atoms with van der Waals surface area (Å²) in [6.07, 6.45) is 0.924. The number of fused-ring (bicyclic) bond motifs is 1. The Morgan fingerprint density at radius 1 is 1.52 bits per heavy atom. The Morgan fingerprint density at radius 2 is 2.26 bits per heavy atom. The second-order valence-electron chi connectivity index (χ2n) is 5.61. The van der Waals surface area contributed by atoms with Gasteiger partial charge in [-0.2, -0.15) is 0 Å². The van der Waals surface area contributed by atoms with Crippen LogP contribution in [0.1, 0.15) is 12.0 Å². The van der Waals surface area contributed by atoms with E-state index < -0.39 is 11.7 Å². The highest BCUT2D eigenvalue weighted by Gasteiger charge is 2.44. The van der Waals surface area contributed by atoms with E-state index in [1.807, 2.05) is 0 Å². The van der Waals surface area contributed by atoms with Gasteiger partial charge in [0, 0.05) is 38.7 Å². The molecule has 1 unspecified atom stereocenters. The van der Waals surface area contributed by atoms with Gasteiger partial charge >= 0.3 is 6.09 Å². The number of aryl methyl sites for hydroxylation is 1. The van der Waals surface area contributed by atoms with Crippen molar-refractivity contribution in [3.63, 3.8) is 0 Å². The average molecular weight is 338 g/mol. The number of likely N-dealkylation sites (tertiary alicyclic amines) is 1. The van der Waals surface area contributed by atoms with Crippen molar-refractivity contribution >= 4 is 28.6 Å². The van der Waals surface area contributed by atoms with Crippen LogP contribution < -0.4 is 5.56 Å². The third-order valence-electron chi connectivity index (χ3n) is 4.49. The molecule has 0 aromatic carbocycles. The molecule has 1 aliphatic heterocycles. The fourth-order valence-corrected chi connectivity index (χ4v) is 3.34. The van der Waals surface area contributed by atoms with E-state index in [0.717, 1.165) is 0 Å². The zero-order chi connectivity index (χ0) is 16.8. The summed E-state index contributed by atoms with van der Waals surface area (Å²) in [7, 11) is 3.14. The lowest BCUT2D eigenvalue weighted by atomic mass is 9.92. The minimum atomic E-state index is -1.03. The number of amides is 1. The van der Waals surface area contributed by atoms with Gasteiger partial charge in [0.05, 0.1) is 17.6 Å². The van der Waals surface area contributed by atoms with Crippen molar-refractivity contribution in [1.29, 1.82) is 0 Å². The Hall–Kier alpha value is -2.12. The molecular weight excluding hydrogens is 322 g/mol. The van der Waals surface area contributed by atoms with Crippen molar-refractivity contribution in [2.75, 3.05) is 20.2 Å². The van der Waals surface area contributed by atoms with Crippen LogP contribution in [0.3, 0.4) is 0 Å². The van der Waals surface area contributed by atoms with Crippen molar-refractivity contribution < 1.29 is 14.6 Å². The molecule has 0 saturated carbocycles. The molecule has 1 aliphatic rings. The molecule has 1 amide bonds. The van der Waals surface area contributed by atoms with Gasteiger partial charge in [0.2, 0.25) is 0 Å². The lowest BCUT2D eigenvalue weighted by Crippen LogP contribution is -2.40. The molecule has 1 N–H and O–H groups in total. The molecule has 2 aromatic rings. The molecular formula is C15H16ClN3O4. The molecule has 2 aromatic heterocycles. The molecule has 0 bridgehead atoms. The Bertz CT molecular complexity index is 850. The number of carboxylic acid groups (broad SMARTS) is 1. The molecule has 0 aliphatic carbocycles. The van der Waals surface area contributed by atoms with Gasteiger partial charge < -0.3 is 19.3 Å². The second-order valence-corrected chi connectivity index (χ2v) is 5.97. The quantitative estimate of drug-likeness (QED) is 0.845. The van der Waals surface area contributed by atoms with Crippen LogP contribution in [-0.4, -0.2) is 45.9 Å². The maximum Gasteiger partial charge on any atom is 0.407 e. The van der Waals surface area contributed by atoms with E-state index in [9.17, 15) is 14.7 Å². The van der Waals surface area contributed by atoms with E-state index in [-0.39, 0.29) is 12.1 Å². The number of aromatic nitrogens is 2. The van der Waals surface area contributed by atoms with Crippen LogP contribution in [0.25, 0.3) is 10.9 Å². The standard InChI is InChI=1S/C15H16ClN3O4/c1-18-11-3-5-17-12(16)9(11)7-10(13(18)20)15(23-2)4-6-19(8-15)14(21)22/h3,5,7H,4,6,8H2,1-2H3,(H,21,22). The molecule has 3 heterocycles. The summed E-state index contributed by atoms with van der Waals surface area (Å²) in [4.78, 5) is 29.3. The van der Waals surface area contributed by atoms with Gasteiger partial charge in [-0.1, -0.05) is 11.6 Å². The molecule has 1 saturated heterocycles. The Balaban J connectivity index is 2.23. The zero-order valence-corrected chi connectivity index (χ0v) is 13.5. The molecule has 0 radical (unpaired) electrons. The topological polar surface area (TPSA) is 84.7 Å².